The monoisotopic (exact) mass is 248 g/mol. The smallest absolute Gasteiger partial charge is 0.161 e. The number of thioether (sulfide) groups is 1. The number of nitrogens with zero attached hydrogens (tertiary/aromatic N) is 1. The van der Waals surface area contributed by atoms with Gasteiger partial charge in [0.1, 0.15) is 0 Å². The van der Waals surface area contributed by atoms with Gasteiger partial charge in [0.15, 0.2) is 5.17 Å². The van der Waals surface area contributed by atoms with E-state index >= 15 is 0 Å². The molecule has 1 N–H and O–H groups in total. The average Bonchev–Trinajstić information content (AvgIpc) is 2.71. The second kappa shape index (κ2) is 5.58. The minimum atomic E-state index is 0.674. The van der Waals surface area contributed by atoms with Gasteiger partial charge in [-0.15, -0.1) is 0 Å². The molecule has 1 aliphatic rings. The molecule has 2 nitrogen and oxygen atoms in total. The van der Waals surface area contributed by atoms with Crippen molar-refractivity contribution in [1.82, 2.24) is 0 Å². The van der Waals surface area contributed by atoms with Crippen molar-refractivity contribution in [3.05, 3.63) is 29.3 Å². The maximum atomic E-state index is 4.56. The third-order valence-electron chi connectivity index (χ3n) is 2.95. The van der Waals surface area contributed by atoms with Crippen LogP contribution in [0, 0.1) is 13.8 Å². The summed E-state index contributed by atoms with van der Waals surface area (Å²) in [6, 6.07) is 6.48. The molecule has 3 heteroatoms. The standard InChI is InChI=1S/C14H20N2S/c1-4-5-12-9-15-14(17-12)16-13-7-6-10(2)8-11(13)3/h6-8,12H,4-5,9H2,1-3H3,(H,15,16). The highest BCUT2D eigenvalue weighted by Gasteiger charge is 2.18. The lowest BCUT2D eigenvalue weighted by atomic mass is 10.1. The number of hydrogen-bond acceptors (Lipinski definition) is 3. The van der Waals surface area contributed by atoms with Crippen molar-refractivity contribution in [2.75, 3.05) is 11.9 Å². The lowest BCUT2D eigenvalue weighted by molar-refractivity contribution is 0.754. The van der Waals surface area contributed by atoms with Crippen molar-refractivity contribution in [1.29, 1.82) is 0 Å². The maximum absolute atomic E-state index is 4.56. The number of benzene rings is 1. The van der Waals surface area contributed by atoms with Crippen LogP contribution in [0.3, 0.4) is 0 Å². The predicted octanol–water partition coefficient (Wildman–Crippen LogP) is 3.99. The molecule has 0 saturated heterocycles. The van der Waals surface area contributed by atoms with Crippen molar-refractivity contribution >= 4 is 22.6 Å². The van der Waals surface area contributed by atoms with E-state index in [4.69, 9.17) is 0 Å². The molecule has 0 aliphatic carbocycles. The molecule has 1 aromatic rings. The van der Waals surface area contributed by atoms with E-state index < -0.39 is 0 Å². The number of rotatable bonds is 3. The van der Waals surface area contributed by atoms with Gasteiger partial charge < -0.3 is 5.32 Å². The van der Waals surface area contributed by atoms with Gasteiger partial charge in [0.05, 0.1) is 6.54 Å². The van der Waals surface area contributed by atoms with E-state index in [0.717, 1.165) is 11.7 Å². The number of aryl methyl sites for hydroxylation is 2. The number of aliphatic imine (C=N–C) groups is 1. The van der Waals surface area contributed by atoms with Crippen LogP contribution in [-0.2, 0) is 0 Å². The molecule has 0 spiro atoms. The Labute approximate surface area is 108 Å². The lowest BCUT2D eigenvalue weighted by Gasteiger charge is -2.10. The van der Waals surface area contributed by atoms with Crippen molar-refractivity contribution in [3.8, 4) is 0 Å². The Kier molecular flexibility index (Phi) is 4.11. The van der Waals surface area contributed by atoms with Gasteiger partial charge in [-0.25, -0.2) is 0 Å². The second-order valence-corrected chi connectivity index (χ2v) is 5.91. The summed E-state index contributed by atoms with van der Waals surface area (Å²) in [5.41, 5.74) is 3.77. The first-order valence-corrected chi connectivity index (χ1v) is 7.12. The van der Waals surface area contributed by atoms with Gasteiger partial charge in [0, 0.05) is 10.9 Å². The van der Waals surface area contributed by atoms with Crippen LogP contribution < -0.4 is 5.32 Å². The van der Waals surface area contributed by atoms with Crippen LogP contribution in [-0.4, -0.2) is 17.0 Å². The molecule has 0 fully saturated rings. The van der Waals surface area contributed by atoms with Crippen LogP contribution >= 0.6 is 11.8 Å². The fourth-order valence-electron chi connectivity index (χ4n) is 2.03. The third kappa shape index (κ3) is 3.25. The Morgan fingerprint density at radius 1 is 1.41 bits per heavy atom. The first kappa shape index (κ1) is 12.5. The molecule has 0 radical (unpaired) electrons. The summed E-state index contributed by atoms with van der Waals surface area (Å²) in [7, 11) is 0. The molecule has 17 heavy (non-hydrogen) atoms. The quantitative estimate of drug-likeness (QED) is 0.874. The SMILES string of the molecule is CCCC1CN=C(Nc2ccc(C)cc2C)S1. The largest absolute Gasteiger partial charge is 0.335 e. The topological polar surface area (TPSA) is 24.4 Å². The molecule has 2 rings (SSSR count). The van der Waals surface area contributed by atoms with E-state index in [0.29, 0.717) is 5.25 Å². The van der Waals surface area contributed by atoms with Crippen LogP contribution in [0.15, 0.2) is 23.2 Å². The zero-order valence-electron chi connectivity index (χ0n) is 10.8. The number of anilines is 1. The van der Waals surface area contributed by atoms with E-state index in [1.165, 1.54) is 29.7 Å². The first-order chi connectivity index (χ1) is 8.19. The van der Waals surface area contributed by atoms with Crippen LogP contribution in [0.1, 0.15) is 30.9 Å². The van der Waals surface area contributed by atoms with E-state index in [1.807, 2.05) is 11.8 Å². The van der Waals surface area contributed by atoms with E-state index in [9.17, 15) is 0 Å². The Balaban J connectivity index is 1.98. The Morgan fingerprint density at radius 3 is 2.94 bits per heavy atom. The van der Waals surface area contributed by atoms with Crippen LogP contribution in [0.2, 0.25) is 0 Å². The molecular weight excluding hydrogens is 228 g/mol. The van der Waals surface area contributed by atoms with Gasteiger partial charge in [-0.1, -0.05) is 42.8 Å². The van der Waals surface area contributed by atoms with E-state index in [-0.39, 0.29) is 0 Å². The van der Waals surface area contributed by atoms with Gasteiger partial charge >= 0.3 is 0 Å². The number of hydrogen-bond donors (Lipinski definition) is 1. The molecule has 0 aromatic heterocycles. The Morgan fingerprint density at radius 2 is 2.24 bits per heavy atom. The normalized spacial score (nSPS) is 19.2. The summed E-state index contributed by atoms with van der Waals surface area (Å²) in [5, 5.41) is 5.19. The van der Waals surface area contributed by atoms with Crippen molar-refractivity contribution in [2.45, 2.75) is 38.9 Å². The molecule has 1 unspecified atom stereocenters. The number of nitrogens with one attached hydrogen (secondary N) is 1. The minimum Gasteiger partial charge on any atom is -0.335 e. The third-order valence-corrected chi connectivity index (χ3v) is 4.12. The lowest BCUT2D eigenvalue weighted by Crippen LogP contribution is -2.08. The van der Waals surface area contributed by atoms with Crippen LogP contribution in [0.25, 0.3) is 0 Å². The van der Waals surface area contributed by atoms with Gasteiger partial charge in [0.2, 0.25) is 0 Å². The van der Waals surface area contributed by atoms with Crippen LogP contribution in [0.4, 0.5) is 5.69 Å². The highest BCUT2D eigenvalue weighted by molar-refractivity contribution is 8.15. The van der Waals surface area contributed by atoms with Gasteiger partial charge in [0.25, 0.3) is 0 Å². The Hall–Kier alpha value is -0.960. The van der Waals surface area contributed by atoms with Crippen molar-refractivity contribution in [3.63, 3.8) is 0 Å². The van der Waals surface area contributed by atoms with E-state index in [2.05, 4.69) is 49.3 Å². The summed E-state index contributed by atoms with van der Waals surface area (Å²) < 4.78 is 0. The second-order valence-electron chi connectivity index (χ2n) is 4.62. The average molecular weight is 248 g/mol. The molecule has 1 aromatic carbocycles. The molecule has 0 saturated carbocycles. The number of amidine groups is 1. The van der Waals surface area contributed by atoms with Crippen LogP contribution in [0.5, 0.6) is 0 Å². The predicted molar refractivity (Wildman–Crippen MR) is 78.1 cm³/mol. The zero-order chi connectivity index (χ0) is 12.3. The molecule has 0 bridgehead atoms. The molecule has 1 atom stereocenters. The molecular formula is C14H20N2S. The first-order valence-electron chi connectivity index (χ1n) is 6.24. The molecule has 92 valence electrons. The highest BCUT2D eigenvalue weighted by Crippen LogP contribution is 2.27. The summed E-state index contributed by atoms with van der Waals surface area (Å²) in [6.45, 7) is 7.46. The van der Waals surface area contributed by atoms with Gasteiger partial charge in [-0.05, 0) is 31.9 Å². The maximum Gasteiger partial charge on any atom is 0.161 e. The van der Waals surface area contributed by atoms with Gasteiger partial charge in [-0.2, -0.15) is 0 Å². The van der Waals surface area contributed by atoms with Crippen molar-refractivity contribution in [2.24, 2.45) is 4.99 Å². The summed E-state index contributed by atoms with van der Waals surface area (Å²) in [4.78, 5) is 4.56. The summed E-state index contributed by atoms with van der Waals surface area (Å²) in [6.07, 6.45) is 2.50. The molecule has 1 heterocycles. The molecule has 0 amide bonds. The van der Waals surface area contributed by atoms with Gasteiger partial charge in [-0.3, -0.25) is 4.99 Å². The highest BCUT2D eigenvalue weighted by atomic mass is 32.2. The van der Waals surface area contributed by atoms with E-state index in [1.54, 1.807) is 0 Å². The minimum absolute atomic E-state index is 0.674. The molecule has 1 aliphatic heterocycles. The fraction of sp³-hybridized carbons (Fsp3) is 0.500. The Bertz CT molecular complexity index is 426. The summed E-state index contributed by atoms with van der Waals surface area (Å²) >= 11 is 1.88. The van der Waals surface area contributed by atoms with Crippen molar-refractivity contribution < 1.29 is 0 Å². The zero-order valence-corrected chi connectivity index (χ0v) is 11.6. The summed E-state index contributed by atoms with van der Waals surface area (Å²) in [5.74, 6) is 0. The fourth-order valence-corrected chi connectivity index (χ4v) is 3.16.